The van der Waals surface area contributed by atoms with E-state index in [1.54, 1.807) is 7.11 Å². The van der Waals surface area contributed by atoms with Crippen molar-refractivity contribution in [1.29, 1.82) is 0 Å². The van der Waals surface area contributed by atoms with Gasteiger partial charge in [-0.2, -0.15) is 4.98 Å². The fourth-order valence-corrected chi connectivity index (χ4v) is 2.07. The molecule has 0 spiro atoms. The van der Waals surface area contributed by atoms with Gasteiger partial charge in [0.1, 0.15) is 0 Å². The van der Waals surface area contributed by atoms with Crippen LogP contribution in [0.1, 0.15) is 31.0 Å². The SMILES string of the molecule is COc1nc(NC(C)CN)nc2c1CCCC2. The predicted molar refractivity (Wildman–Crippen MR) is 67.4 cm³/mol. The molecule has 17 heavy (non-hydrogen) atoms. The van der Waals surface area contributed by atoms with Gasteiger partial charge in [0.15, 0.2) is 0 Å². The van der Waals surface area contributed by atoms with Crippen LogP contribution in [-0.4, -0.2) is 29.7 Å². The topological polar surface area (TPSA) is 73.1 Å². The van der Waals surface area contributed by atoms with E-state index in [9.17, 15) is 0 Å². The van der Waals surface area contributed by atoms with E-state index in [1.165, 1.54) is 18.4 Å². The molecule has 2 rings (SSSR count). The van der Waals surface area contributed by atoms with E-state index in [0.717, 1.165) is 18.5 Å². The van der Waals surface area contributed by atoms with Crippen molar-refractivity contribution < 1.29 is 4.74 Å². The molecule has 1 aromatic rings. The van der Waals surface area contributed by atoms with Crippen LogP contribution in [0.15, 0.2) is 0 Å². The number of ether oxygens (including phenoxy) is 1. The maximum Gasteiger partial charge on any atom is 0.226 e. The van der Waals surface area contributed by atoms with Crippen molar-refractivity contribution in [2.75, 3.05) is 19.0 Å². The number of fused-ring (bicyclic) bond motifs is 1. The van der Waals surface area contributed by atoms with Crippen molar-refractivity contribution in [3.63, 3.8) is 0 Å². The summed E-state index contributed by atoms with van der Waals surface area (Å²) in [6.07, 6.45) is 4.42. The van der Waals surface area contributed by atoms with Crippen LogP contribution in [0.4, 0.5) is 5.95 Å². The first kappa shape index (κ1) is 12.1. The smallest absolute Gasteiger partial charge is 0.226 e. The first-order valence-electron chi connectivity index (χ1n) is 6.15. The summed E-state index contributed by atoms with van der Waals surface area (Å²) in [5, 5.41) is 3.19. The number of hydrogen-bond acceptors (Lipinski definition) is 5. The third-order valence-corrected chi connectivity index (χ3v) is 3.07. The minimum atomic E-state index is 0.168. The van der Waals surface area contributed by atoms with Crippen molar-refractivity contribution in [2.45, 2.75) is 38.6 Å². The van der Waals surface area contributed by atoms with Gasteiger partial charge in [0.2, 0.25) is 11.8 Å². The zero-order valence-corrected chi connectivity index (χ0v) is 10.5. The van der Waals surface area contributed by atoms with Crippen LogP contribution in [0.3, 0.4) is 0 Å². The maximum atomic E-state index is 5.58. The number of hydrogen-bond donors (Lipinski definition) is 2. The highest BCUT2D eigenvalue weighted by Crippen LogP contribution is 2.27. The molecule has 1 aromatic heterocycles. The molecular weight excluding hydrogens is 216 g/mol. The van der Waals surface area contributed by atoms with E-state index >= 15 is 0 Å². The van der Waals surface area contributed by atoms with Gasteiger partial charge in [-0.25, -0.2) is 4.98 Å². The quantitative estimate of drug-likeness (QED) is 0.819. The minimum Gasteiger partial charge on any atom is -0.481 e. The Balaban J connectivity index is 2.29. The summed E-state index contributed by atoms with van der Waals surface area (Å²) >= 11 is 0. The largest absolute Gasteiger partial charge is 0.481 e. The number of aryl methyl sites for hydroxylation is 1. The fraction of sp³-hybridized carbons (Fsp3) is 0.667. The summed E-state index contributed by atoms with van der Waals surface area (Å²) in [5.41, 5.74) is 7.87. The molecule has 1 aliphatic rings. The van der Waals surface area contributed by atoms with Crippen molar-refractivity contribution in [3.05, 3.63) is 11.3 Å². The van der Waals surface area contributed by atoms with Gasteiger partial charge in [0, 0.05) is 18.2 Å². The maximum absolute atomic E-state index is 5.58. The predicted octanol–water partition coefficient (Wildman–Crippen LogP) is 1.12. The lowest BCUT2D eigenvalue weighted by atomic mass is 9.97. The normalized spacial score (nSPS) is 16.2. The van der Waals surface area contributed by atoms with Gasteiger partial charge in [-0.3, -0.25) is 0 Å². The second-order valence-corrected chi connectivity index (χ2v) is 4.47. The summed E-state index contributed by atoms with van der Waals surface area (Å²) in [7, 11) is 1.66. The van der Waals surface area contributed by atoms with Crippen molar-refractivity contribution in [2.24, 2.45) is 5.73 Å². The molecule has 5 nitrogen and oxygen atoms in total. The Kier molecular flexibility index (Phi) is 3.78. The lowest BCUT2D eigenvalue weighted by Gasteiger charge is -2.19. The molecule has 0 amide bonds. The van der Waals surface area contributed by atoms with Crippen molar-refractivity contribution in [3.8, 4) is 5.88 Å². The summed E-state index contributed by atoms with van der Waals surface area (Å²) in [6, 6.07) is 0.168. The average molecular weight is 236 g/mol. The number of methoxy groups -OCH3 is 1. The average Bonchev–Trinajstić information content (AvgIpc) is 2.37. The molecule has 0 saturated heterocycles. The van der Waals surface area contributed by atoms with Crippen LogP contribution in [0.2, 0.25) is 0 Å². The molecule has 3 N–H and O–H groups in total. The fourth-order valence-electron chi connectivity index (χ4n) is 2.07. The second-order valence-electron chi connectivity index (χ2n) is 4.47. The molecule has 1 heterocycles. The van der Waals surface area contributed by atoms with Crippen LogP contribution < -0.4 is 15.8 Å². The van der Waals surface area contributed by atoms with Gasteiger partial charge >= 0.3 is 0 Å². The van der Waals surface area contributed by atoms with Gasteiger partial charge in [-0.1, -0.05) is 0 Å². The van der Waals surface area contributed by atoms with Crippen LogP contribution >= 0.6 is 0 Å². The van der Waals surface area contributed by atoms with Crippen molar-refractivity contribution in [1.82, 2.24) is 9.97 Å². The molecule has 1 unspecified atom stereocenters. The second kappa shape index (κ2) is 5.31. The van der Waals surface area contributed by atoms with Gasteiger partial charge in [-0.15, -0.1) is 0 Å². The number of anilines is 1. The molecule has 0 fully saturated rings. The molecule has 0 bridgehead atoms. The van der Waals surface area contributed by atoms with E-state index in [2.05, 4.69) is 15.3 Å². The van der Waals surface area contributed by atoms with Crippen LogP contribution in [-0.2, 0) is 12.8 Å². The Morgan fingerprint density at radius 1 is 1.35 bits per heavy atom. The molecule has 1 aliphatic carbocycles. The number of aromatic nitrogens is 2. The molecule has 1 atom stereocenters. The molecule has 0 saturated carbocycles. The lowest BCUT2D eigenvalue weighted by molar-refractivity contribution is 0.387. The molecule has 0 aromatic carbocycles. The van der Waals surface area contributed by atoms with Crippen LogP contribution in [0.25, 0.3) is 0 Å². The molecule has 0 aliphatic heterocycles. The first-order chi connectivity index (χ1) is 8.24. The number of rotatable bonds is 4. The molecule has 94 valence electrons. The third-order valence-electron chi connectivity index (χ3n) is 3.07. The number of nitrogens with zero attached hydrogens (tertiary/aromatic N) is 2. The van der Waals surface area contributed by atoms with E-state index < -0.39 is 0 Å². The number of nitrogens with one attached hydrogen (secondary N) is 1. The highest BCUT2D eigenvalue weighted by Gasteiger charge is 2.18. The number of nitrogens with two attached hydrogens (primary N) is 1. The summed E-state index contributed by atoms with van der Waals surface area (Å²) in [5.74, 6) is 1.34. The Bertz CT molecular complexity index is 377. The van der Waals surface area contributed by atoms with Gasteiger partial charge < -0.3 is 15.8 Å². The standard InChI is InChI=1S/C12H20N4O/c1-8(7-13)14-12-15-10-6-4-3-5-9(10)11(16-12)17-2/h8H,3-7,13H2,1-2H3,(H,14,15,16). The zero-order chi connectivity index (χ0) is 12.3. The van der Waals surface area contributed by atoms with E-state index in [-0.39, 0.29) is 6.04 Å². The van der Waals surface area contributed by atoms with Gasteiger partial charge in [0.05, 0.1) is 12.8 Å². The van der Waals surface area contributed by atoms with Gasteiger partial charge in [0.25, 0.3) is 0 Å². The molecule has 5 heteroatoms. The monoisotopic (exact) mass is 236 g/mol. The highest BCUT2D eigenvalue weighted by atomic mass is 16.5. The highest BCUT2D eigenvalue weighted by molar-refractivity contribution is 5.40. The molecule has 0 radical (unpaired) electrons. The third kappa shape index (κ3) is 2.66. The first-order valence-corrected chi connectivity index (χ1v) is 6.15. The van der Waals surface area contributed by atoms with Crippen LogP contribution in [0, 0.1) is 0 Å². The Morgan fingerprint density at radius 3 is 2.82 bits per heavy atom. The Morgan fingerprint density at radius 2 is 2.12 bits per heavy atom. The van der Waals surface area contributed by atoms with Crippen LogP contribution in [0.5, 0.6) is 5.88 Å². The lowest BCUT2D eigenvalue weighted by Crippen LogP contribution is -2.27. The Labute approximate surface area is 102 Å². The summed E-state index contributed by atoms with van der Waals surface area (Å²) < 4.78 is 5.35. The van der Waals surface area contributed by atoms with Crippen molar-refractivity contribution >= 4 is 5.95 Å². The zero-order valence-electron chi connectivity index (χ0n) is 10.5. The van der Waals surface area contributed by atoms with E-state index in [4.69, 9.17) is 10.5 Å². The molecular formula is C12H20N4O. The van der Waals surface area contributed by atoms with Gasteiger partial charge in [-0.05, 0) is 32.6 Å². The van der Waals surface area contributed by atoms with E-state index in [1.807, 2.05) is 6.92 Å². The Hall–Kier alpha value is -1.36. The minimum absolute atomic E-state index is 0.168. The summed E-state index contributed by atoms with van der Waals surface area (Å²) in [6.45, 7) is 2.57. The summed E-state index contributed by atoms with van der Waals surface area (Å²) in [4.78, 5) is 8.94. The van der Waals surface area contributed by atoms with E-state index in [0.29, 0.717) is 18.4 Å².